The van der Waals surface area contributed by atoms with Crippen molar-refractivity contribution in [2.45, 2.75) is 271 Å². The Labute approximate surface area is 414 Å². The Bertz CT molecular complexity index is 1300. The quantitative estimate of drug-likeness (QED) is 0.0199. The molecule has 0 aromatic rings. The molecule has 0 rings (SSSR count). The number of hydrogen-bond donors (Lipinski definition) is 0. The molecule has 0 spiro atoms. The monoisotopic (exact) mass is 933 g/mol. The van der Waals surface area contributed by atoms with E-state index in [-0.39, 0.29) is 31.1 Å². The van der Waals surface area contributed by atoms with Gasteiger partial charge in [0.1, 0.15) is 13.2 Å². The molecular formula is C61H104O6. The fourth-order valence-electron chi connectivity index (χ4n) is 7.72. The highest BCUT2D eigenvalue weighted by atomic mass is 16.6. The van der Waals surface area contributed by atoms with Gasteiger partial charge in [0.2, 0.25) is 0 Å². The molecule has 0 aliphatic heterocycles. The molecule has 0 heterocycles. The van der Waals surface area contributed by atoms with Crippen molar-refractivity contribution in [1.82, 2.24) is 0 Å². The van der Waals surface area contributed by atoms with Crippen molar-refractivity contribution in [2.75, 3.05) is 13.2 Å². The summed E-state index contributed by atoms with van der Waals surface area (Å²) in [5.74, 6) is -0.922. The van der Waals surface area contributed by atoms with Crippen molar-refractivity contribution in [3.05, 3.63) is 85.1 Å². The van der Waals surface area contributed by atoms with Gasteiger partial charge in [-0.25, -0.2) is 0 Å². The van der Waals surface area contributed by atoms with Crippen LogP contribution in [0.4, 0.5) is 0 Å². The maximum absolute atomic E-state index is 12.8. The van der Waals surface area contributed by atoms with E-state index in [2.05, 4.69) is 106 Å². The summed E-state index contributed by atoms with van der Waals surface area (Å²) in [6, 6.07) is 0. The summed E-state index contributed by atoms with van der Waals surface area (Å²) in [6.07, 6.45) is 71.4. The molecule has 384 valence electrons. The molecular weight excluding hydrogens is 829 g/mol. The van der Waals surface area contributed by atoms with Crippen LogP contribution in [0, 0.1) is 0 Å². The maximum Gasteiger partial charge on any atom is 0.306 e. The third-order valence-electron chi connectivity index (χ3n) is 11.9. The smallest absolute Gasteiger partial charge is 0.306 e. The zero-order valence-electron chi connectivity index (χ0n) is 43.9. The maximum atomic E-state index is 12.8. The molecule has 0 aromatic carbocycles. The van der Waals surface area contributed by atoms with Crippen LogP contribution < -0.4 is 0 Å². The first-order valence-corrected chi connectivity index (χ1v) is 28.1. The number of carbonyl (C=O) groups is 3. The van der Waals surface area contributed by atoms with Crippen LogP contribution in [0.15, 0.2) is 85.1 Å². The van der Waals surface area contributed by atoms with Gasteiger partial charge in [-0.2, -0.15) is 0 Å². The summed E-state index contributed by atoms with van der Waals surface area (Å²) in [5.41, 5.74) is 0. The summed E-state index contributed by atoms with van der Waals surface area (Å²) < 4.78 is 16.8. The van der Waals surface area contributed by atoms with E-state index < -0.39 is 6.10 Å². The highest BCUT2D eigenvalue weighted by Crippen LogP contribution is 2.15. The summed E-state index contributed by atoms with van der Waals surface area (Å²) in [6.45, 7) is 6.40. The number of allylic oxidation sites excluding steroid dienone is 14. The number of ether oxygens (including phenoxy) is 3. The molecule has 1 unspecified atom stereocenters. The first-order chi connectivity index (χ1) is 33.0. The minimum Gasteiger partial charge on any atom is -0.462 e. The van der Waals surface area contributed by atoms with Crippen molar-refractivity contribution < 1.29 is 28.6 Å². The van der Waals surface area contributed by atoms with Crippen molar-refractivity contribution >= 4 is 17.9 Å². The van der Waals surface area contributed by atoms with E-state index >= 15 is 0 Å². The molecule has 0 fully saturated rings. The van der Waals surface area contributed by atoms with Crippen LogP contribution in [0.25, 0.3) is 0 Å². The molecule has 0 bridgehead atoms. The van der Waals surface area contributed by atoms with Crippen molar-refractivity contribution in [2.24, 2.45) is 0 Å². The summed E-state index contributed by atoms with van der Waals surface area (Å²) >= 11 is 0. The molecule has 0 aromatic heterocycles. The van der Waals surface area contributed by atoms with Gasteiger partial charge in [-0.1, -0.05) is 228 Å². The minimum atomic E-state index is -0.793. The van der Waals surface area contributed by atoms with Gasteiger partial charge in [-0.05, 0) is 103 Å². The minimum absolute atomic E-state index is 0.0905. The van der Waals surface area contributed by atoms with Gasteiger partial charge in [0.15, 0.2) is 6.10 Å². The third kappa shape index (κ3) is 53.4. The van der Waals surface area contributed by atoms with Crippen molar-refractivity contribution in [3.63, 3.8) is 0 Å². The molecule has 1 atom stereocenters. The number of unbranched alkanes of at least 4 members (excludes halogenated alkanes) is 26. The van der Waals surface area contributed by atoms with Gasteiger partial charge in [-0.3, -0.25) is 14.4 Å². The summed E-state index contributed by atoms with van der Waals surface area (Å²) in [5, 5.41) is 0. The van der Waals surface area contributed by atoms with Gasteiger partial charge in [0, 0.05) is 19.3 Å². The van der Waals surface area contributed by atoms with E-state index in [1.807, 2.05) is 0 Å². The molecule has 0 saturated carbocycles. The second-order valence-electron chi connectivity index (χ2n) is 18.5. The zero-order chi connectivity index (χ0) is 48.6. The highest BCUT2D eigenvalue weighted by molar-refractivity contribution is 5.71. The Balaban J connectivity index is 4.40. The molecule has 0 amide bonds. The SMILES string of the molecule is CC/C=C\C/C=C\C/C=C\CCCCCCCCCCCC(=O)OCC(COC(=O)CCCCCCC/C=C\C/C=C\CC)OC(=O)CCCCCCC/C=C\C=C/CCCCCCCCC. The van der Waals surface area contributed by atoms with E-state index in [0.29, 0.717) is 19.3 Å². The normalized spacial score (nSPS) is 12.7. The average molecular weight is 933 g/mol. The molecule has 0 aliphatic rings. The molecule has 6 nitrogen and oxygen atoms in total. The van der Waals surface area contributed by atoms with Crippen LogP contribution in [0.3, 0.4) is 0 Å². The van der Waals surface area contributed by atoms with Gasteiger partial charge < -0.3 is 14.2 Å². The van der Waals surface area contributed by atoms with Crippen LogP contribution >= 0.6 is 0 Å². The average Bonchev–Trinajstić information content (AvgIpc) is 3.33. The lowest BCUT2D eigenvalue weighted by Crippen LogP contribution is -2.30. The zero-order valence-corrected chi connectivity index (χ0v) is 43.9. The van der Waals surface area contributed by atoms with Crippen LogP contribution in [-0.2, 0) is 28.6 Å². The molecule has 0 saturated heterocycles. The van der Waals surface area contributed by atoms with E-state index in [4.69, 9.17) is 14.2 Å². The summed E-state index contributed by atoms with van der Waals surface area (Å²) in [7, 11) is 0. The predicted octanol–water partition coefficient (Wildman–Crippen LogP) is 18.8. The Morgan fingerprint density at radius 1 is 0.328 bits per heavy atom. The van der Waals surface area contributed by atoms with Crippen LogP contribution in [0.1, 0.15) is 265 Å². The van der Waals surface area contributed by atoms with Gasteiger partial charge >= 0.3 is 17.9 Å². The number of esters is 3. The first-order valence-electron chi connectivity index (χ1n) is 28.1. The lowest BCUT2D eigenvalue weighted by atomic mass is 10.1. The lowest BCUT2D eigenvalue weighted by Gasteiger charge is -2.18. The van der Waals surface area contributed by atoms with E-state index in [1.54, 1.807) is 0 Å². The topological polar surface area (TPSA) is 78.9 Å². The van der Waals surface area contributed by atoms with Gasteiger partial charge in [0.05, 0.1) is 0 Å². The fraction of sp³-hybridized carbons (Fsp3) is 0.721. The fourth-order valence-corrected chi connectivity index (χ4v) is 7.72. The highest BCUT2D eigenvalue weighted by Gasteiger charge is 2.19. The standard InChI is InChI=1S/C61H104O6/c1-4-7-10-13-16-19-22-25-27-29-31-33-34-36-39-42-45-48-51-54-60(63)66-57-58(56-65-59(62)53-50-47-44-41-38-24-21-18-15-12-9-6-3)67-61(64)55-52-49-46-43-40-37-35-32-30-28-26-23-20-17-14-11-8-5-2/h7,9-10,12,16,18-19,21,25,27-28,30,32,35,58H,4-6,8,11,13-15,17,20,22-24,26,29,31,33-34,36-57H2,1-3H3/b10-7-,12-9-,19-16-,21-18-,27-25-,30-28-,35-32-. The molecule has 67 heavy (non-hydrogen) atoms. The molecule has 6 heteroatoms. The second-order valence-corrected chi connectivity index (χ2v) is 18.5. The Kier molecular flexibility index (Phi) is 52.4. The number of hydrogen-bond acceptors (Lipinski definition) is 6. The van der Waals surface area contributed by atoms with Crippen molar-refractivity contribution in [1.29, 1.82) is 0 Å². The van der Waals surface area contributed by atoms with E-state index in [0.717, 1.165) is 128 Å². The van der Waals surface area contributed by atoms with E-state index in [9.17, 15) is 14.4 Å². The Morgan fingerprint density at radius 3 is 1.00 bits per heavy atom. The summed E-state index contributed by atoms with van der Waals surface area (Å²) in [4.78, 5) is 38.1. The lowest BCUT2D eigenvalue weighted by molar-refractivity contribution is -0.167. The van der Waals surface area contributed by atoms with Crippen LogP contribution in [0.5, 0.6) is 0 Å². The number of carbonyl (C=O) groups excluding carboxylic acids is 3. The van der Waals surface area contributed by atoms with Gasteiger partial charge in [-0.15, -0.1) is 0 Å². The Morgan fingerprint density at radius 2 is 0.627 bits per heavy atom. The van der Waals surface area contributed by atoms with Crippen molar-refractivity contribution in [3.8, 4) is 0 Å². The second kappa shape index (κ2) is 55.2. The van der Waals surface area contributed by atoms with Crippen LogP contribution in [-0.4, -0.2) is 37.2 Å². The molecule has 0 N–H and O–H groups in total. The largest absolute Gasteiger partial charge is 0.462 e. The van der Waals surface area contributed by atoms with E-state index in [1.165, 1.54) is 96.3 Å². The van der Waals surface area contributed by atoms with Gasteiger partial charge in [0.25, 0.3) is 0 Å². The third-order valence-corrected chi connectivity index (χ3v) is 11.9. The first kappa shape index (κ1) is 63.6. The molecule has 0 radical (unpaired) electrons. The van der Waals surface area contributed by atoms with Crippen LogP contribution in [0.2, 0.25) is 0 Å². The molecule has 0 aliphatic carbocycles. The number of rotatable bonds is 50. The Hall–Kier alpha value is -3.41. The predicted molar refractivity (Wildman–Crippen MR) is 288 cm³/mol.